The van der Waals surface area contributed by atoms with Crippen molar-refractivity contribution in [3.63, 3.8) is 0 Å². The Kier molecular flexibility index (Phi) is 12.3. The van der Waals surface area contributed by atoms with Gasteiger partial charge < -0.3 is 4.74 Å². The summed E-state index contributed by atoms with van der Waals surface area (Å²) >= 11 is 0. The van der Waals surface area contributed by atoms with Gasteiger partial charge in [-0.1, -0.05) is 133 Å². The molecule has 3 aromatic rings. The minimum absolute atomic E-state index is 0.0920. The third kappa shape index (κ3) is 9.09. The highest BCUT2D eigenvalue weighted by Gasteiger charge is 2.34. The van der Waals surface area contributed by atoms with E-state index in [1.807, 2.05) is 0 Å². The number of aliphatic imine (C=N–C) groups is 1. The van der Waals surface area contributed by atoms with Gasteiger partial charge in [-0.2, -0.15) is 0 Å². The highest BCUT2D eigenvalue weighted by Crippen LogP contribution is 2.45. The maximum atomic E-state index is 6.94. The van der Waals surface area contributed by atoms with E-state index in [2.05, 4.69) is 116 Å². The molecular weight excluding hydrogens is 534 g/mol. The molecule has 0 bridgehead atoms. The smallest absolute Gasteiger partial charge is 0.126 e. The minimum atomic E-state index is -0.0920. The van der Waals surface area contributed by atoms with E-state index in [4.69, 9.17) is 9.73 Å². The number of nitrogens with zero attached hydrogens (tertiary/aromatic N) is 1. The lowest BCUT2D eigenvalue weighted by atomic mass is 9.83. The molecule has 0 fully saturated rings. The van der Waals surface area contributed by atoms with Gasteiger partial charge in [-0.15, -0.1) is 0 Å². The zero-order valence-electron chi connectivity index (χ0n) is 29.1. The van der Waals surface area contributed by atoms with Crippen LogP contribution in [0.25, 0.3) is 0 Å². The summed E-state index contributed by atoms with van der Waals surface area (Å²) in [7, 11) is 0. The average molecular weight is 594 g/mol. The Hall–Kier alpha value is -2.87. The Morgan fingerprint density at radius 1 is 0.705 bits per heavy atom. The van der Waals surface area contributed by atoms with Crippen molar-refractivity contribution in [2.24, 2.45) is 22.7 Å². The van der Waals surface area contributed by atoms with Crippen molar-refractivity contribution < 1.29 is 4.74 Å². The molecule has 3 aromatic carbocycles. The van der Waals surface area contributed by atoms with Gasteiger partial charge in [0.05, 0.1) is 11.4 Å². The summed E-state index contributed by atoms with van der Waals surface area (Å²) in [5.41, 5.74) is 9.39. The SMILES string of the molecule is Cc1c(C)c2c(c(C)c1N=C(c1ccccc1)c1ccccc1)CC[C@@](C)(CCC[C@H](C)CCC[C@H](C)CCCC(C)C)O2. The molecule has 0 saturated heterocycles. The van der Waals surface area contributed by atoms with Crippen LogP contribution >= 0.6 is 0 Å². The Labute approximate surface area is 269 Å². The Morgan fingerprint density at radius 2 is 1.23 bits per heavy atom. The topological polar surface area (TPSA) is 21.6 Å². The lowest BCUT2D eigenvalue weighted by Crippen LogP contribution is -2.37. The van der Waals surface area contributed by atoms with Crippen molar-refractivity contribution in [3.8, 4) is 5.75 Å². The number of ether oxygens (including phenoxy) is 1. The van der Waals surface area contributed by atoms with Crippen LogP contribution in [0, 0.1) is 38.5 Å². The molecule has 4 rings (SSSR count). The van der Waals surface area contributed by atoms with Crippen molar-refractivity contribution in [3.05, 3.63) is 94.0 Å². The molecule has 44 heavy (non-hydrogen) atoms. The first-order chi connectivity index (χ1) is 21.1. The second kappa shape index (κ2) is 15.9. The maximum absolute atomic E-state index is 6.94. The van der Waals surface area contributed by atoms with Gasteiger partial charge in [0.15, 0.2) is 0 Å². The highest BCUT2D eigenvalue weighted by atomic mass is 16.5. The van der Waals surface area contributed by atoms with Gasteiger partial charge in [0, 0.05) is 11.1 Å². The number of hydrogen-bond acceptors (Lipinski definition) is 2. The molecule has 0 unspecified atom stereocenters. The third-order valence-corrected chi connectivity index (χ3v) is 10.2. The quantitative estimate of drug-likeness (QED) is 0.161. The predicted molar refractivity (Wildman–Crippen MR) is 191 cm³/mol. The molecule has 0 spiro atoms. The maximum Gasteiger partial charge on any atom is 0.126 e. The summed E-state index contributed by atoms with van der Waals surface area (Å²) in [5.74, 6) is 3.63. The van der Waals surface area contributed by atoms with E-state index in [0.717, 1.165) is 65.3 Å². The van der Waals surface area contributed by atoms with Crippen molar-refractivity contribution in [2.75, 3.05) is 0 Å². The monoisotopic (exact) mass is 593 g/mol. The van der Waals surface area contributed by atoms with E-state index in [1.54, 1.807) is 0 Å². The van der Waals surface area contributed by atoms with E-state index >= 15 is 0 Å². The van der Waals surface area contributed by atoms with Crippen LogP contribution in [0.4, 0.5) is 5.69 Å². The normalized spacial score (nSPS) is 17.6. The molecule has 2 heteroatoms. The molecule has 1 aliphatic heterocycles. The van der Waals surface area contributed by atoms with Gasteiger partial charge in [-0.05, 0) is 93.4 Å². The number of hydrogen-bond donors (Lipinski definition) is 0. The standard InChI is InChI=1S/C42H59NO/c1-30(2)18-15-19-31(3)20-16-21-32(4)22-17-28-42(8)29-27-38-35(7)39(33(5)34(6)41(38)44-42)43-40(36-23-11-9-12-24-36)37-25-13-10-14-26-37/h9-14,23-26,30-32H,15-22,27-29H2,1-8H3/t31-,32-,42-/m1/s1. The summed E-state index contributed by atoms with van der Waals surface area (Å²) in [6.45, 7) is 18.6. The van der Waals surface area contributed by atoms with Gasteiger partial charge in [0.25, 0.3) is 0 Å². The van der Waals surface area contributed by atoms with Crippen molar-refractivity contribution in [1.29, 1.82) is 0 Å². The van der Waals surface area contributed by atoms with E-state index in [1.165, 1.54) is 73.6 Å². The molecule has 0 amide bonds. The molecule has 1 aliphatic rings. The van der Waals surface area contributed by atoms with Crippen molar-refractivity contribution in [2.45, 2.75) is 132 Å². The van der Waals surface area contributed by atoms with Crippen molar-refractivity contribution >= 4 is 11.4 Å². The van der Waals surface area contributed by atoms with Crippen LogP contribution in [0.5, 0.6) is 5.75 Å². The summed E-state index contributed by atoms with van der Waals surface area (Å²) in [6.07, 6.45) is 14.1. The zero-order chi connectivity index (χ0) is 31.7. The van der Waals surface area contributed by atoms with E-state index < -0.39 is 0 Å². The summed E-state index contributed by atoms with van der Waals surface area (Å²) in [4.78, 5) is 5.39. The highest BCUT2D eigenvalue weighted by molar-refractivity contribution is 6.14. The van der Waals surface area contributed by atoms with Crippen LogP contribution in [-0.2, 0) is 6.42 Å². The van der Waals surface area contributed by atoms with E-state index in [0.29, 0.717) is 0 Å². The van der Waals surface area contributed by atoms with Crippen LogP contribution in [-0.4, -0.2) is 11.3 Å². The van der Waals surface area contributed by atoms with E-state index in [9.17, 15) is 0 Å². The van der Waals surface area contributed by atoms with Gasteiger partial charge in [-0.25, -0.2) is 4.99 Å². The minimum Gasteiger partial charge on any atom is -0.487 e. The molecule has 3 atom stereocenters. The van der Waals surface area contributed by atoms with Crippen molar-refractivity contribution in [1.82, 2.24) is 0 Å². The molecule has 0 aliphatic carbocycles. The summed E-state index contributed by atoms with van der Waals surface area (Å²) in [6, 6.07) is 21.2. The molecule has 2 nitrogen and oxygen atoms in total. The lowest BCUT2D eigenvalue weighted by Gasteiger charge is -2.38. The van der Waals surface area contributed by atoms with Crippen LogP contribution in [0.2, 0.25) is 0 Å². The van der Waals surface area contributed by atoms with Crippen LogP contribution in [0.15, 0.2) is 65.7 Å². The van der Waals surface area contributed by atoms with E-state index in [-0.39, 0.29) is 5.60 Å². The molecule has 0 radical (unpaired) electrons. The van der Waals surface area contributed by atoms with Crippen LogP contribution in [0.3, 0.4) is 0 Å². The van der Waals surface area contributed by atoms with Gasteiger partial charge >= 0.3 is 0 Å². The average Bonchev–Trinajstić information content (AvgIpc) is 3.00. The zero-order valence-corrected chi connectivity index (χ0v) is 29.1. The summed E-state index contributed by atoms with van der Waals surface area (Å²) < 4.78 is 6.94. The lowest BCUT2D eigenvalue weighted by molar-refractivity contribution is 0.0514. The fraction of sp³-hybridized carbons (Fsp3) is 0.548. The summed E-state index contributed by atoms with van der Waals surface area (Å²) in [5, 5.41) is 0. The molecule has 1 heterocycles. The van der Waals surface area contributed by atoms with Gasteiger partial charge in [0.1, 0.15) is 11.4 Å². The molecule has 0 N–H and O–H groups in total. The predicted octanol–water partition coefficient (Wildman–Crippen LogP) is 12.3. The van der Waals surface area contributed by atoms with Crippen LogP contribution < -0.4 is 4.74 Å². The Bertz CT molecular complexity index is 1310. The first kappa shape index (κ1) is 34.0. The first-order valence-electron chi connectivity index (χ1n) is 17.6. The number of rotatable bonds is 15. The molecule has 238 valence electrons. The third-order valence-electron chi connectivity index (χ3n) is 10.2. The fourth-order valence-corrected chi connectivity index (χ4v) is 7.04. The van der Waals surface area contributed by atoms with Crippen LogP contribution in [0.1, 0.15) is 132 Å². The molecular formula is C42H59NO. The Balaban J connectivity index is 1.40. The molecule has 0 aromatic heterocycles. The Morgan fingerprint density at radius 3 is 1.77 bits per heavy atom. The number of benzene rings is 3. The number of fused-ring (bicyclic) bond motifs is 1. The largest absolute Gasteiger partial charge is 0.487 e. The molecule has 0 saturated carbocycles. The van der Waals surface area contributed by atoms with Gasteiger partial charge in [0.2, 0.25) is 0 Å². The second-order valence-electron chi connectivity index (χ2n) is 14.6. The first-order valence-corrected chi connectivity index (χ1v) is 17.6. The second-order valence-corrected chi connectivity index (χ2v) is 14.6. The fourth-order valence-electron chi connectivity index (χ4n) is 7.04. The van der Waals surface area contributed by atoms with Gasteiger partial charge in [-0.3, -0.25) is 0 Å².